The van der Waals surface area contributed by atoms with E-state index >= 15 is 0 Å². The summed E-state index contributed by atoms with van der Waals surface area (Å²) in [4.78, 5) is 25.0. The monoisotopic (exact) mass is 478 g/mol. The van der Waals surface area contributed by atoms with Crippen molar-refractivity contribution in [2.24, 2.45) is 7.05 Å². The first-order valence-electron chi connectivity index (χ1n) is 10.0. The number of carbonyl (C=O) groups excluding carboxylic acids is 1. The molecular formula is C23H16ClFN6O3. The van der Waals surface area contributed by atoms with Crippen LogP contribution in [0, 0.1) is 5.82 Å². The first kappa shape index (κ1) is 21.4. The number of H-pyrrole nitrogens is 1. The minimum absolute atomic E-state index is 0.0346. The van der Waals surface area contributed by atoms with E-state index in [2.05, 4.69) is 26.0 Å². The Morgan fingerprint density at radius 3 is 2.82 bits per heavy atom. The maximum absolute atomic E-state index is 14.0. The minimum atomic E-state index is -0.739. The summed E-state index contributed by atoms with van der Waals surface area (Å²) in [7, 11) is 1.53. The normalized spacial score (nSPS) is 11.0. The molecule has 0 bridgehead atoms. The van der Waals surface area contributed by atoms with E-state index < -0.39 is 17.3 Å². The average molecular weight is 479 g/mol. The molecule has 0 aliphatic heterocycles. The van der Waals surface area contributed by atoms with Gasteiger partial charge in [-0.2, -0.15) is 5.10 Å². The van der Waals surface area contributed by atoms with Crippen LogP contribution in [0.25, 0.3) is 22.2 Å². The van der Waals surface area contributed by atoms with E-state index in [0.717, 1.165) is 10.9 Å². The van der Waals surface area contributed by atoms with Crippen LogP contribution in [0.2, 0.25) is 5.02 Å². The Morgan fingerprint density at radius 1 is 1.18 bits per heavy atom. The number of nitrogens with one attached hydrogen (secondary N) is 3. The van der Waals surface area contributed by atoms with E-state index in [0.29, 0.717) is 27.9 Å². The van der Waals surface area contributed by atoms with Crippen molar-refractivity contribution in [3.05, 3.63) is 87.7 Å². The van der Waals surface area contributed by atoms with Crippen LogP contribution in [0.4, 0.5) is 21.6 Å². The number of carbonyl (C=O) groups is 1. The van der Waals surface area contributed by atoms with Gasteiger partial charge in [-0.1, -0.05) is 28.9 Å². The number of pyridine rings is 1. The summed E-state index contributed by atoms with van der Waals surface area (Å²) in [6.45, 7) is 0. The molecule has 5 rings (SSSR count). The first-order chi connectivity index (χ1) is 16.4. The fourth-order valence-electron chi connectivity index (χ4n) is 3.46. The zero-order valence-corrected chi connectivity index (χ0v) is 18.4. The van der Waals surface area contributed by atoms with Gasteiger partial charge in [0.1, 0.15) is 11.5 Å². The lowest BCUT2D eigenvalue weighted by molar-refractivity contribution is 0.102. The maximum Gasteiger partial charge on any atom is 0.274 e. The molecule has 5 aromatic rings. The molecule has 3 heterocycles. The van der Waals surface area contributed by atoms with Crippen LogP contribution in [-0.4, -0.2) is 25.8 Å². The fraction of sp³-hybridized carbons (Fsp3) is 0.0435. The van der Waals surface area contributed by atoms with Crippen molar-refractivity contribution >= 4 is 45.6 Å². The van der Waals surface area contributed by atoms with Crippen LogP contribution >= 0.6 is 11.6 Å². The largest absolute Gasteiger partial charge is 0.354 e. The van der Waals surface area contributed by atoms with Crippen molar-refractivity contribution in [1.29, 1.82) is 0 Å². The summed E-state index contributed by atoms with van der Waals surface area (Å²) < 4.78 is 20.7. The van der Waals surface area contributed by atoms with Gasteiger partial charge in [0, 0.05) is 30.3 Å². The number of nitrogens with zero attached hydrogens (tertiary/aromatic N) is 3. The second-order valence-corrected chi connectivity index (χ2v) is 7.83. The molecule has 34 heavy (non-hydrogen) atoms. The second kappa shape index (κ2) is 8.49. The molecule has 0 spiro atoms. The maximum atomic E-state index is 14.0. The van der Waals surface area contributed by atoms with Crippen LogP contribution in [-0.2, 0) is 7.05 Å². The highest BCUT2D eigenvalue weighted by Gasteiger charge is 2.17. The Kier molecular flexibility index (Phi) is 5.34. The molecule has 0 aliphatic rings. The van der Waals surface area contributed by atoms with Gasteiger partial charge in [-0.25, -0.2) is 4.39 Å². The molecule has 11 heteroatoms. The van der Waals surface area contributed by atoms with Gasteiger partial charge in [0.15, 0.2) is 11.6 Å². The van der Waals surface area contributed by atoms with Crippen molar-refractivity contribution < 1.29 is 13.7 Å². The number of aromatic amines is 1. The topological polar surface area (TPSA) is 118 Å². The van der Waals surface area contributed by atoms with E-state index in [4.69, 9.17) is 16.1 Å². The lowest BCUT2D eigenvalue weighted by Crippen LogP contribution is -2.24. The van der Waals surface area contributed by atoms with E-state index in [-0.39, 0.29) is 11.3 Å². The predicted octanol–water partition coefficient (Wildman–Crippen LogP) is 4.71. The van der Waals surface area contributed by atoms with Crippen molar-refractivity contribution in [1.82, 2.24) is 19.9 Å². The van der Waals surface area contributed by atoms with Crippen LogP contribution in [0.3, 0.4) is 0 Å². The van der Waals surface area contributed by atoms with Crippen molar-refractivity contribution in [2.75, 3.05) is 10.6 Å². The zero-order chi connectivity index (χ0) is 23.8. The molecule has 0 radical (unpaired) electrons. The molecule has 0 saturated heterocycles. The molecular weight excluding hydrogens is 463 g/mol. The number of benzene rings is 2. The van der Waals surface area contributed by atoms with Crippen molar-refractivity contribution in [3.63, 3.8) is 0 Å². The van der Waals surface area contributed by atoms with Gasteiger partial charge in [0.2, 0.25) is 0 Å². The smallest absolute Gasteiger partial charge is 0.274 e. The number of amides is 1. The molecule has 0 aliphatic carbocycles. The molecule has 3 N–H and O–H groups in total. The number of aryl methyl sites for hydroxylation is 1. The third-order valence-electron chi connectivity index (χ3n) is 5.17. The molecule has 0 unspecified atom stereocenters. The fourth-order valence-corrected chi connectivity index (χ4v) is 3.72. The second-order valence-electron chi connectivity index (χ2n) is 7.45. The van der Waals surface area contributed by atoms with Gasteiger partial charge in [-0.05, 0) is 30.3 Å². The summed E-state index contributed by atoms with van der Waals surface area (Å²) in [6.07, 6.45) is 3.16. The van der Waals surface area contributed by atoms with Crippen molar-refractivity contribution in [2.45, 2.75) is 0 Å². The van der Waals surface area contributed by atoms with Gasteiger partial charge in [0.05, 0.1) is 28.0 Å². The molecule has 0 fully saturated rings. The minimum Gasteiger partial charge on any atom is -0.354 e. The van der Waals surface area contributed by atoms with Gasteiger partial charge in [-0.3, -0.25) is 14.7 Å². The summed E-state index contributed by atoms with van der Waals surface area (Å²) in [6, 6.07) is 12.2. The molecule has 2 aromatic carbocycles. The van der Waals surface area contributed by atoms with E-state index in [1.54, 1.807) is 18.3 Å². The molecule has 0 saturated carbocycles. The summed E-state index contributed by atoms with van der Waals surface area (Å²) >= 11 is 6.44. The Bertz CT molecular complexity index is 1610. The van der Waals surface area contributed by atoms with E-state index in [9.17, 15) is 14.0 Å². The van der Waals surface area contributed by atoms with Crippen LogP contribution in [0.5, 0.6) is 0 Å². The van der Waals surface area contributed by atoms with Crippen LogP contribution in [0.1, 0.15) is 10.4 Å². The Labute approximate surface area is 196 Å². The number of hydrogen-bond donors (Lipinski definition) is 3. The average Bonchev–Trinajstić information content (AvgIpc) is 3.49. The molecule has 170 valence electrons. The van der Waals surface area contributed by atoms with Crippen molar-refractivity contribution in [3.8, 4) is 11.3 Å². The standard InChI is InChI=1S/C23H16ClFN6O3/c1-31-11-12(8-18(23(31)33)28-22(32)13-4-2-3-5-15(13)25)19-9-20(30-34-19)27-17-7-6-16-14(21(17)24)10-26-29-16/h2-11H,1H3,(H,26,29)(H,27,30)(H,28,32). The van der Waals surface area contributed by atoms with E-state index in [1.165, 1.54) is 48.1 Å². The third kappa shape index (κ3) is 3.90. The number of halogens is 2. The molecule has 0 atom stereocenters. The number of fused-ring (bicyclic) bond motifs is 1. The summed E-state index contributed by atoms with van der Waals surface area (Å²) in [5.41, 5.74) is 1.20. The third-order valence-corrected chi connectivity index (χ3v) is 5.57. The summed E-state index contributed by atoms with van der Waals surface area (Å²) in [5, 5.41) is 17.6. The molecule has 1 amide bonds. The molecule has 9 nitrogen and oxygen atoms in total. The van der Waals surface area contributed by atoms with Gasteiger partial charge in [0.25, 0.3) is 11.5 Å². The Morgan fingerprint density at radius 2 is 2.00 bits per heavy atom. The predicted molar refractivity (Wildman–Crippen MR) is 126 cm³/mol. The number of hydrogen-bond acceptors (Lipinski definition) is 6. The Balaban J connectivity index is 1.43. The first-order valence-corrected chi connectivity index (χ1v) is 10.4. The van der Waals surface area contributed by atoms with Gasteiger partial charge < -0.3 is 19.7 Å². The van der Waals surface area contributed by atoms with Crippen LogP contribution < -0.4 is 16.2 Å². The summed E-state index contributed by atoms with van der Waals surface area (Å²) in [5.74, 6) is -0.715. The zero-order valence-electron chi connectivity index (χ0n) is 17.6. The SMILES string of the molecule is Cn1cc(-c2cc(Nc3ccc4[nH]ncc4c3Cl)no2)cc(NC(=O)c2ccccc2F)c1=O. The highest BCUT2D eigenvalue weighted by Crippen LogP contribution is 2.33. The van der Waals surface area contributed by atoms with E-state index in [1.807, 2.05) is 6.07 Å². The number of aromatic nitrogens is 4. The van der Waals surface area contributed by atoms with Gasteiger partial charge in [-0.15, -0.1) is 0 Å². The number of anilines is 3. The quantitative estimate of drug-likeness (QED) is 0.337. The van der Waals surface area contributed by atoms with Gasteiger partial charge >= 0.3 is 0 Å². The number of rotatable bonds is 5. The molecule has 3 aromatic heterocycles. The lowest BCUT2D eigenvalue weighted by Gasteiger charge is -2.09. The highest BCUT2D eigenvalue weighted by atomic mass is 35.5. The lowest BCUT2D eigenvalue weighted by atomic mass is 10.1. The highest BCUT2D eigenvalue weighted by molar-refractivity contribution is 6.38. The Hall–Kier alpha value is -4.44. The van der Waals surface area contributed by atoms with Crippen LogP contribution in [0.15, 0.2) is 70.2 Å².